The van der Waals surface area contributed by atoms with E-state index in [4.69, 9.17) is 4.74 Å². The third-order valence-corrected chi connectivity index (χ3v) is 4.63. The lowest BCUT2D eigenvalue weighted by Gasteiger charge is -2.12. The molecule has 0 radical (unpaired) electrons. The topological polar surface area (TPSA) is 43.4 Å². The molecule has 0 amide bonds. The maximum absolute atomic E-state index is 11.4. The smallest absolute Gasteiger partial charge is 0.308 e. The molecular weight excluding hydrogens is 364 g/mol. The van der Waals surface area contributed by atoms with Crippen molar-refractivity contribution in [3.8, 4) is 5.75 Å². The Morgan fingerprint density at radius 2 is 2.00 bits per heavy atom. The minimum absolute atomic E-state index is 0.00408. The number of benzene rings is 1. The van der Waals surface area contributed by atoms with Gasteiger partial charge >= 0.3 is 5.97 Å². The average Bonchev–Trinajstić information content (AvgIpc) is 2.30. The maximum Gasteiger partial charge on any atom is 0.308 e. The van der Waals surface area contributed by atoms with E-state index in [1.54, 1.807) is 18.2 Å². The van der Waals surface area contributed by atoms with Crippen LogP contribution >= 0.6 is 31.9 Å². The number of ketones is 1. The fraction of sp³-hybridized carbons (Fsp3) is 0.385. The molecule has 0 N–H and O–H groups in total. The van der Waals surface area contributed by atoms with Crippen LogP contribution in [0.3, 0.4) is 0 Å². The number of carbonyl (C=O) groups is 2. The first-order valence-electron chi connectivity index (χ1n) is 5.46. The van der Waals surface area contributed by atoms with E-state index >= 15 is 0 Å². The minimum atomic E-state index is -0.364. The van der Waals surface area contributed by atoms with Crippen LogP contribution in [0.4, 0.5) is 0 Å². The first-order chi connectivity index (χ1) is 8.43. The largest absolute Gasteiger partial charge is 0.426 e. The maximum atomic E-state index is 11.4. The Balaban J connectivity index is 3.08. The van der Waals surface area contributed by atoms with Gasteiger partial charge in [0.25, 0.3) is 0 Å². The summed E-state index contributed by atoms with van der Waals surface area (Å²) in [6.07, 6.45) is 0.676. The zero-order valence-corrected chi connectivity index (χ0v) is 13.4. The molecule has 0 saturated carbocycles. The van der Waals surface area contributed by atoms with Gasteiger partial charge in [0.05, 0.1) is 0 Å². The second-order valence-corrected chi connectivity index (χ2v) is 5.87. The van der Waals surface area contributed by atoms with Crippen LogP contribution in [-0.2, 0) is 11.2 Å². The zero-order valence-electron chi connectivity index (χ0n) is 10.2. The van der Waals surface area contributed by atoms with Crippen LogP contribution in [0.1, 0.15) is 29.8 Å². The van der Waals surface area contributed by atoms with E-state index in [1.165, 1.54) is 13.8 Å². The molecular formula is C13H14Br2O3. The Hall–Kier alpha value is -0.680. The minimum Gasteiger partial charge on any atom is -0.426 e. The van der Waals surface area contributed by atoms with Crippen LogP contribution in [0.25, 0.3) is 0 Å². The number of carbonyl (C=O) groups excluding carboxylic acids is 2. The van der Waals surface area contributed by atoms with E-state index in [-0.39, 0.29) is 16.6 Å². The van der Waals surface area contributed by atoms with Crippen molar-refractivity contribution in [3.63, 3.8) is 0 Å². The summed E-state index contributed by atoms with van der Waals surface area (Å²) < 4.78 is 5.14. The number of Topliss-reactive ketones (excluding diaryl/α,β-unsaturated/α-hetero) is 1. The van der Waals surface area contributed by atoms with Crippen molar-refractivity contribution < 1.29 is 14.3 Å². The Bertz CT molecular complexity index is 458. The summed E-state index contributed by atoms with van der Waals surface area (Å²) >= 11 is 6.88. The lowest BCUT2D eigenvalue weighted by atomic mass is 10.0. The highest BCUT2D eigenvalue weighted by Crippen LogP contribution is 2.24. The SMILES string of the molecule is CC(=O)Oc1ccc(C(C)=O)cc1CC(Br)CBr. The third-order valence-electron chi connectivity index (χ3n) is 2.33. The normalized spacial score (nSPS) is 12.0. The molecule has 1 unspecified atom stereocenters. The Labute approximate surface area is 123 Å². The summed E-state index contributed by atoms with van der Waals surface area (Å²) in [5, 5.41) is 0.775. The molecule has 0 fully saturated rings. The number of esters is 1. The molecule has 1 aromatic carbocycles. The van der Waals surface area contributed by atoms with Gasteiger partial charge in [-0.2, -0.15) is 0 Å². The van der Waals surface area contributed by atoms with Gasteiger partial charge in [0, 0.05) is 22.6 Å². The second kappa shape index (κ2) is 7.04. The molecule has 5 heteroatoms. The molecule has 18 heavy (non-hydrogen) atoms. The van der Waals surface area contributed by atoms with Crippen molar-refractivity contribution in [2.75, 3.05) is 5.33 Å². The van der Waals surface area contributed by atoms with Gasteiger partial charge in [-0.25, -0.2) is 0 Å². The summed E-state index contributed by atoms with van der Waals surface area (Å²) in [5.41, 5.74) is 1.47. The number of hydrogen-bond donors (Lipinski definition) is 0. The van der Waals surface area contributed by atoms with Crippen molar-refractivity contribution in [2.24, 2.45) is 0 Å². The predicted molar refractivity (Wildman–Crippen MR) is 78.0 cm³/mol. The van der Waals surface area contributed by atoms with Gasteiger partial charge in [-0.3, -0.25) is 9.59 Å². The molecule has 0 aliphatic rings. The van der Waals surface area contributed by atoms with Gasteiger partial charge in [0.15, 0.2) is 5.78 Å². The van der Waals surface area contributed by atoms with Crippen LogP contribution in [0, 0.1) is 0 Å². The van der Waals surface area contributed by atoms with E-state index in [0.717, 1.165) is 10.9 Å². The number of alkyl halides is 2. The highest BCUT2D eigenvalue weighted by molar-refractivity contribution is 9.12. The Kier molecular flexibility index (Phi) is 6.02. The summed E-state index contributed by atoms with van der Waals surface area (Å²) in [4.78, 5) is 22.6. The van der Waals surface area contributed by atoms with E-state index in [0.29, 0.717) is 17.7 Å². The molecule has 1 atom stereocenters. The fourth-order valence-corrected chi connectivity index (χ4v) is 2.08. The van der Waals surface area contributed by atoms with Crippen LogP contribution < -0.4 is 4.74 Å². The third kappa shape index (κ3) is 4.53. The van der Waals surface area contributed by atoms with Gasteiger partial charge in [0.2, 0.25) is 0 Å². The lowest BCUT2D eigenvalue weighted by Crippen LogP contribution is -2.10. The summed E-state index contributed by atoms with van der Waals surface area (Å²) in [6.45, 7) is 2.87. The molecule has 1 aromatic rings. The van der Waals surface area contributed by atoms with Crippen molar-refractivity contribution >= 4 is 43.6 Å². The highest BCUT2D eigenvalue weighted by atomic mass is 79.9. The predicted octanol–water partition coefficient (Wildman–Crippen LogP) is 3.52. The highest BCUT2D eigenvalue weighted by Gasteiger charge is 2.13. The molecule has 0 spiro atoms. The van der Waals surface area contributed by atoms with Gasteiger partial charge in [-0.15, -0.1) is 0 Å². The molecule has 0 saturated heterocycles. The number of ether oxygens (including phenoxy) is 1. The van der Waals surface area contributed by atoms with Gasteiger partial charge in [-0.05, 0) is 37.1 Å². The zero-order chi connectivity index (χ0) is 13.7. The van der Waals surface area contributed by atoms with Crippen molar-refractivity contribution in [3.05, 3.63) is 29.3 Å². The van der Waals surface area contributed by atoms with E-state index in [2.05, 4.69) is 31.9 Å². The van der Waals surface area contributed by atoms with E-state index in [1.807, 2.05) is 0 Å². The van der Waals surface area contributed by atoms with Crippen LogP contribution in [0.15, 0.2) is 18.2 Å². The summed E-state index contributed by atoms with van der Waals surface area (Å²) in [5.74, 6) is 0.144. The first-order valence-corrected chi connectivity index (χ1v) is 7.50. The van der Waals surface area contributed by atoms with Gasteiger partial charge in [0.1, 0.15) is 5.75 Å². The number of halogens is 2. The standard InChI is InChI=1S/C13H14Br2O3/c1-8(16)10-3-4-13(18-9(2)17)11(5-10)6-12(15)7-14/h3-5,12H,6-7H2,1-2H3. The summed E-state index contributed by atoms with van der Waals surface area (Å²) in [6, 6.07) is 5.11. The molecule has 1 rings (SSSR count). The van der Waals surface area contributed by atoms with Crippen molar-refractivity contribution in [1.29, 1.82) is 0 Å². The quantitative estimate of drug-likeness (QED) is 0.341. The number of hydrogen-bond acceptors (Lipinski definition) is 3. The molecule has 0 aliphatic heterocycles. The average molecular weight is 378 g/mol. The Morgan fingerprint density at radius 1 is 1.33 bits per heavy atom. The molecule has 0 heterocycles. The monoisotopic (exact) mass is 376 g/mol. The molecule has 3 nitrogen and oxygen atoms in total. The summed E-state index contributed by atoms with van der Waals surface area (Å²) in [7, 11) is 0. The van der Waals surface area contributed by atoms with Crippen molar-refractivity contribution in [1.82, 2.24) is 0 Å². The van der Waals surface area contributed by atoms with Gasteiger partial charge in [-0.1, -0.05) is 31.9 Å². The van der Waals surface area contributed by atoms with Crippen LogP contribution in [0.2, 0.25) is 0 Å². The first kappa shape index (κ1) is 15.4. The lowest BCUT2D eigenvalue weighted by molar-refractivity contribution is -0.131. The second-order valence-electron chi connectivity index (χ2n) is 3.93. The van der Waals surface area contributed by atoms with E-state index < -0.39 is 0 Å². The molecule has 98 valence electrons. The van der Waals surface area contributed by atoms with Crippen LogP contribution in [0.5, 0.6) is 5.75 Å². The molecule has 0 aromatic heterocycles. The molecule has 0 bridgehead atoms. The van der Waals surface area contributed by atoms with Gasteiger partial charge < -0.3 is 4.74 Å². The number of rotatable bonds is 5. The van der Waals surface area contributed by atoms with Crippen molar-refractivity contribution in [2.45, 2.75) is 25.1 Å². The Morgan fingerprint density at radius 3 is 2.50 bits per heavy atom. The van der Waals surface area contributed by atoms with E-state index in [9.17, 15) is 9.59 Å². The fourth-order valence-electron chi connectivity index (χ4n) is 1.51. The van der Waals surface area contributed by atoms with Crippen LogP contribution in [-0.4, -0.2) is 21.9 Å². The molecule has 0 aliphatic carbocycles.